The maximum Gasteiger partial charge on any atom is 0.259 e. The van der Waals surface area contributed by atoms with Gasteiger partial charge < -0.3 is 20.7 Å². The Balaban J connectivity index is 1.75. The number of carbonyl (C=O) groups is 2. The standard InChI is InChI=1S/C25H27N3O3/c1-31-23-14-6-5-13-22(23)24(29)27-21-12-7-9-19(17-21)18-28(16-8-15-26)25(30)20-10-3-2-4-11-20/h2-7,9-14,17H,8,15-16,18,26H2,1H3,(H,27,29). The van der Waals surface area contributed by atoms with E-state index in [0.29, 0.717) is 48.6 Å². The molecule has 0 bridgehead atoms. The van der Waals surface area contributed by atoms with Gasteiger partial charge in [0.25, 0.3) is 11.8 Å². The summed E-state index contributed by atoms with van der Waals surface area (Å²) < 4.78 is 5.27. The number of nitrogens with zero attached hydrogens (tertiary/aromatic N) is 1. The lowest BCUT2D eigenvalue weighted by atomic mass is 10.1. The maximum absolute atomic E-state index is 13.0. The van der Waals surface area contributed by atoms with E-state index in [1.165, 1.54) is 7.11 Å². The number of nitrogens with two attached hydrogens (primary N) is 1. The van der Waals surface area contributed by atoms with Crippen LogP contribution in [0.4, 0.5) is 5.69 Å². The van der Waals surface area contributed by atoms with Crippen LogP contribution in [0.1, 0.15) is 32.7 Å². The van der Waals surface area contributed by atoms with Crippen LogP contribution in [0, 0.1) is 0 Å². The van der Waals surface area contributed by atoms with Gasteiger partial charge in [0.1, 0.15) is 5.75 Å². The van der Waals surface area contributed by atoms with Crippen LogP contribution < -0.4 is 15.8 Å². The predicted molar refractivity (Wildman–Crippen MR) is 122 cm³/mol. The van der Waals surface area contributed by atoms with Gasteiger partial charge in [0, 0.05) is 24.3 Å². The number of rotatable bonds is 9. The third-order valence-electron chi connectivity index (χ3n) is 4.85. The summed E-state index contributed by atoms with van der Waals surface area (Å²) in [5, 5.41) is 2.91. The Morgan fingerprint density at radius 2 is 1.71 bits per heavy atom. The minimum atomic E-state index is -0.255. The van der Waals surface area contributed by atoms with Crippen molar-refractivity contribution in [2.24, 2.45) is 5.73 Å². The molecule has 0 saturated carbocycles. The summed E-state index contributed by atoms with van der Waals surface area (Å²) in [6.07, 6.45) is 0.711. The zero-order chi connectivity index (χ0) is 22.1. The van der Waals surface area contributed by atoms with Crippen LogP contribution in [0.2, 0.25) is 0 Å². The van der Waals surface area contributed by atoms with E-state index in [2.05, 4.69) is 5.32 Å². The molecule has 0 aromatic heterocycles. The van der Waals surface area contributed by atoms with Crippen LogP contribution in [-0.4, -0.2) is 36.9 Å². The molecule has 0 radical (unpaired) electrons. The first-order valence-electron chi connectivity index (χ1n) is 10.2. The van der Waals surface area contributed by atoms with E-state index in [0.717, 1.165) is 5.56 Å². The molecule has 3 aromatic rings. The monoisotopic (exact) mass is 417 g/mol. The molecule has 0 fully saturated rings. The lowest BCUT2D eigenvalue weighted by molar-refractivity contribution is 0.0742. The van der Waals surface area contributed by atoms with E-state index in [-0.39, 0.29) is 11.8 Å². The third-order valence-corrected chi connectivity index (χ3v) is 4.85. The molecule has 3 rings (SSSR count). The molecule has 0 aliphatic carbocycles. The van der Waals surface area contributed by atoms with Crippen LogP contribution in [-0.2, 0) is 6.54 Å². The van der Waals surface area contributed by atoms with Gasteiger partial charge in [0.2, 0.25) is 0 Å². The fourth-order valence-electron chi connectivity index (χ4n) is 3.30. The molecule has 2 amide bonds. The van der Waals surface area contributed by atoms with Gasteiger partial charge in [-0.3, -0.25) is 9.59 Å². The number of amides is 2. The van der Waals surface area contributed by atoms with E-state index in [4.69, 9.17) is 10.5 Å². The van der Waals surface area contributed by atoms with E-state index < -0.39 is 0 Å². The molecule has 0 spiro atoms. The van der Waals surface area contributed by atoms with Gasteiger partial charge in [-0.1, -0.05) is 42.5 Å². The van der Waals surface area contributed by atoms with Gasteiger partial charge in [-0.25, -0.2) is 0 Å². The Morgan fingerprint density at radius 3 is 2.45 bits per heavy atom. The first-order valence-corrected chi connectivity index (χ1v) is 10.2. The molecule has 6 nitrogen and oxygen atoms in total. The Labute approximate surface area is 182 Å². The molecule has 6 heteroatoms. The van der Waals surface area contributed by atoms with E-state index in [1.54, 1.807) is 23.1 Å². The molecule has 0 unspecified atom stereocenters. The van der Waals surface area contributed by atoms with Crippen LogP contribution in [0.5, 0.6) is 5.75 Å². The summed E-state index contributed by atoms with van der Waals surface area (Å²) in [6, 6.07) is 23.8. The van der Waals surface area contributed by atoms with Gasteiger partial charge >= 0.3 is 0 Å². The number of carbonyl (C=O) groups excluding carboxylic acids is 2. The minimum absolute atomic E-state index is 0.0440. The third kappa shape index (κ3) is 5.93. The van der Waals surface area contributed by atoms with Crippen molar-refractivity contribution in [3.63, 3.8) is 0 Å². The minimum Gasteiger partial charge on any atom is -0.496 e. The number of para-hydroxylation sites is 1. The average Bonchev–Trinajstić information content (AvgIpc) is 2.82. The maximum atomic E-state index is 13.0. The highest BCUT2D eigenvalue weighted by atomic mass is 16.5. The van der Waals surface area contributed by atoms with Gasteiger partial charge in [-0.05, 0) is 54.9 Å². The summed E-state index contributed by atoms with van der Waals surface area (Å²) in [5.74, 6) is 0.213. The molecule has 0 aliphatic rings. The Kier molecular flexibility index (Phi) is 7.79. The van der Waals surface area contributed by atoms with Gasteiger partial charge in [-0.15, -0.1) is 0 Å². The first-order chi connectivity index (χ1) is 15.1. The first kappa shape index (κ1) is 22.1. The highest BCUT2D eigenvalue weighted by molar-refractivity contribution is 6.06. The molecular weight excluding hydrogens is 390 g/mol. The highest BCUT2D eigenvalue weighted by Gasteiger charge is 2.16. The van der Waals surface area contributed by atoms with Crippen LogP contribution in [0.3, 0.4) is 0 Å². The Morgan fingerprint density at radius 1 is 0.968 bits per heavy atom. The summed E-state index contributed by atoms with van der Waals surface area (Å²) >= 11 is 0. The molecule has 0 aliphatic heterocycles. The molecule has 0 atom stereocenters. The molecule has 3 N–H and O–H groups in total. The number of hydrogen-bond acceptors (Lipinski definition) is 4. The lowest BCUT2D eigenvalue weighted by Gasteiger charge is -2.23. The number of hydrogen-bond donors (Lipinski definition) is 2. The second-order valence-corrected chi connectivity index (χ2v) is 7.09. The van der Waals surface area contributed by atoms with Crippen LogP contribution in [0.25, 0.3) is 0 Å². The smallest absolute Gasteiger partial charge is 0.259 e. The SMILES string of the molecule is COc1ccccc1C(=O)Nc1cccc(CN(CCCN)C(=O)c2ccccc2)c1. The van der Waals surface area contributed by atoms with Crippen molar-refractivity contribution in [2.75, 3.05) is 25.5 Å². The number of benzene rings is 3. The van der Waals surface area contributed by atoms with E-state index in [9.17, 15) is 9.59 Å². The lowest BCUT2D eigenvalue weighted by Crippen LogP contribution is -2.32. The number of anilines is 1. The highest BCUT2D eigenvalue weighted by Crippen LogP contribution is 2.20. The van der Waals surface area contributed by atoms with Crippen molar-refractivity contribution in [1.82, 2.24) is 4.90 Å². The fourth-order valence-corrected chi connectivity index (χ4v) is 3.30. The number of methoxy groups -OCH3 is 1. The second kappa shape index (κ2) is 10.9. The van der Waals surface area contributed by atoms with Crippen LogP contribution >= 0.6 is 0 Å². The average molecular weight is 418 g/mol. The largest absolute Gasteiger partial charge is 0.496 e. The number of ether oxygens (including phenoxy) is 1. The molecule has 0 saturated heterocycles. The summed E-state index contributed by atoms with van der Waals surface area (Å²) in [5.41, 5.74) is 8.34. The van der Waals surface area contributed by atoms with E-state index in [1.807, 2.05) is 60.7 Å². The molecule has 160 valence electrons. The zero-order valence-corrected chi connectivity index (χ0v) is 17.6. The van der Waals surface area contributed by atoms with E-state index >= 15 is 0 Å². The van der Waals surface area contributed by atoms with Crippen molar-refractivity contribution < 1.29 is 14.3 Å². The quantitative estimate of drug-likeness (QED) is 0.552. The second-order valence-electron chi connectivity index (χ2n) is 7.09. The fraction of sp³-hybridized carbons (Fsp3) is 0.200. The van der Waals surface area contributed by atoms with Gasteiger partial charge in [0.05, 0.1) is 12.7 Å². The summed E-state index contributed by atoms with van der Waals surface area (Å²) in [4.78, 5) is 27.4. The molecule has 31 heavy (non-hydrogen) atoms. The molecule has 0 heterocycles. The van der Waals surface area contributed by atoms with Crippen LogP contribution in [0.15, 0.2) is 78.9 Å². The normalized spacial score (nSPS) is 10.4. The molecular formula is C25H27N3O3. The predicted octanol–water partition coefficient (Wildman–Crippen LogP) is 3.94. The van der Waals surface area contributed by atoms with Crippen molar-refractivity contribution in [1.29, 1.82) is 0 Å². The van der Waals surface area contributed by atoms with Gasteiger partial charge in [-0.2, -0.15) is 0 Å². The Bertz CT molecular complexity index is 1020. The van der Waals surface area contributed by atoms with Crippen molar-refractivity contribution >= 4 is 17.5 Å². The van der Waals surface area contributed by atoms with Crippen molar-refractivity contribution in [3.05, 3.63) is 95.6 Å². The summed E-state index contributed by atoms with van der Waals surface area (Å²) in [6.45, 7) is 1.49. The zero-order valence-electron chi connectivity index (χ0n) is 17.6. The summed E-state index contributed by atoms with van der Waals surface area (Å²) in [7, 11) is 1.53. The van der Waals surface area contributed by atoms with Crippen molar-refractivity contribution in [2.45, 2.75) is 13.0 Å². The number of nitrogens with one attached hydrogen (secondary N) is 1. The molecule has 3 aromatic carbocycles. The van der Waals surface area contributed by atoms with Crippen molar-refractivity contribution in [3.8, 4) is 5.75 Å². The Hall–Kier alpha value is -3.64. The topological polar surface area (TPSA) is 84.7 Å². The van der Waals surface area contributed by atoms with Gasteiger partial charge in [0.15, 0.2) is 0 Å².